The summed E-state index contributed by atoms with van der Waals surface area (Å²) in [5.74, 6) is 0. The molecule has 9 rings (SSSR count). The van der Waals surface area contributed by atoms with Gasteiger partial charge in [0.2, 0.25) is 0 Å². The zero-order chi connectivity index (χ0) is 26.2. The van der Waals surface area contributed by atoms with Gasteiger partial charge in [-0.2, -0.15) is 0 Å². The van der Waals surface area contributed by atoms with Crippen molar-refractivity contribution in [1.29, 1.82) is 0 Å². The molecular weight excluding hydrogens is 504 g/mol. The Bertz CT molecular complexity index is 2430. The van der Waals surface area contributed by atoms with Gasteiger partial charge in [0.1, 0.15) is 11.2 Å². The standard InChI is InChI=1S/C38H22OS/c1-2-13-24-23(11-1)12-9-18-25(24)35-26-14-3-4-15-27(26)36(38-37(35)28-16-5-7-20-31(28)39-38)30-19-10-22-33-34(30)29-17-6-8-21-32(29)40-33/h1-22H. The molecule has 0 aliphatic carbocycles. The summed E-state index contributed by atoms with van der Waals surface area (Å²) in [5.41, 5.74) is 6.72. The van der Waals surface area contributed by atoms with Crippen LogP contribution in [-0.4, -0.2) is 0 Å². The second-order valence-corrected chi connectivity index (χ2v) is 11.5. The molecule has 2 aromatic heterocycles. The normalized spacial score (nSPS) is 12.0. The van der Waals surface area contributed by atoms with Crippen LogP contribution in [-0.2, 0) is 0 Å². The van der Waals surface area contributed by atoms with Gasteiger partial charge in [-0.25, -0.2) is 0 Å². The summed E-state index contributed by atoms with van der Waals surface area (Å²) in [6.07, 6.45) is 0. The fraction of sp³-hybridized carbons (Fsp3) is 0. The Balaban J connectivity index is 1.55. The van der Waals surface area contributed by atoms with E-state index in [1.807, 2.05) is 11.3 Å². The number of para-hydroxylation sites is 1. The van der Waals surface area contributed by atoms with Gasteiger partial charge in [-0.1, -0.05) is 115 Å². The molecule has 0 saturated carbocycles. The van der Waals surface area contributed by atoms with Crippen molar-refractivity contribution in [1.82, 2.24) is 0 Å². The molecule has 0 spiro atoms. The Kier molecular flexibility index (Phi) is 4.55. The smallest absolute Gasteiger partial charge is 0.144 e. The predicted octanol–water partition coefficient (Wildman–Crippen LogP) is 11.6. The van der Waals surface area contributed by atoms with E-state index in [-0.39, 0.29) is 0 Å². The van der Waals surface area contributed by atoms with Gasteiger partial charge in [-0.3, -0.25) is 0 Å². The zero-order valence-corrected chi connectivity index (χ0v) is 22.3. The summed E-state index contributed by atoms with van der Waals surface area (Å²) in [5, 5.41) is 9.86. The molecule has 0 radical (unpaired) electrons. The first-order valence-electron chi connectivity index (χ1n) is 13.6. The van der Waals surface area contributed by atoms with E-state index in [4.69, 9.17) is 4.42 Å². The average molecular weight is 527 g/mol. The van der Waals surface area contributed by atoms with Gasteiger partial charge in [-0.15, -0.1) is 11.3 Å². The second kappa shape index (κ2) is 8.29. The first-order valence-corrected chi connectivity index (χ1v) is 14.4. The lowest BCUT2D eigenvalue weighted by Crippen LogP contribution is -1.90. The van der Waals surface area contributed by atoms with Crippen LogP contribution in [0.15, 0.2) is 138 Å². The van der Waals surface area contributed by atoms with Crippen molar-refractivity contribution in [3.8, 4) is 22.3 Å². The molecule has 186 valence electrons. The van der Waals surface area contributed by atoms with Crippen LogP contribution in [0.25, 0.3) is 85.9 Å². The molecule has 1 nitrogen and oxygen atoms in total. The molecule has 2 heteroatoms. The van der Waals surface area contributed by atoms with Crippen molar-refractivity contribution in [2.45, 2.75) is 0 Å². The van der Waals surface area contributed by atoms with Crippen LogP contribution in [0.1, 0.15) is 0 Å². The van der Waals surface area contributed by atoms with Gasteiger partial charge >= 0.3 is 0 Å². The van der Waals surface area contributed by atoms with E-state index >= 15 is 0 Å². The molecule has 0 unspecified atom stereocenters. The minimum atomic E-state index is 0.915. The van der Waals surface area contributed by atoms with Crippen LogP contribution in [0.5, 0.6) is 0 Å². The molecular formula is C38H22OS. The van der Waals surface area contributed by atoms with E-state index in [1.165, 1.54) is 69.4 Å². The topological polar surface area (TPSA) is 13.1 Å². The van der Waals surface area contributed by atoms with Crippen LogP contribution in [0, 0.1) is 0 Å². The van der Waals surface area contributed by atoms with Crippen molar-refractivity contribution in [2.24, 2.45) is 0 Å². The van der Waals surface area contributed by atoms with Crippen LogP contribution >= 0.6 is 11.3 Å². The zero-order valence-electron chi connectivity index (χ0n) is 21.5. The number of hydrogen-bond acceptors (Lipinski definition) is 2. The third-order valence-corrected chi connectivity index (χ3v) is 9.41. The maximum Gasteiger partial charge on any atom is 0.144 e. The van der Waals surface area contributed by atoms with E-state index in [0.717, 1.165) is 16.6 Å². The molecule has 0 fully saturated rings. The highest BCUT2D eigenvalue weighted by atomic mass is 32.1. The van der Waals surface area contributed by atoms with Crippen LogP contribution in [0.3, 0.4) is 0 Å². The lowest BCUT2D eigenvalue weighted by molar-refractivity contribution is 0.670. The van der Waals surface area contributed by atoms with Crippen molar-refractivity contribution < 1.29 is 4.42 Å². The lowest BCUT2D eigenvalue weighted by atomic mass is 9.85. The Labute approximate surface area is 234 Å². The number of benzene rings is 7. The Hall–Kier alpha value is -4.92. The molecule has 0 atom stereocenters. The highest BCUT2D eigenvalue weighted by Crippen LogP contribution is 2.51. The first-order chi connectivity index (χ1) is 19.9. The third-order valence-electron chi connectivity index (χ3n) is 8.27. The van der Waals surface area contributed by atoms with Gasteiger partial charge in [0.25, 0.3) is 0 Å². The number of rotatable bonds is 2. The molecule has 0 amide bonds. The summed E-state index contributed by atoms with van der Waals surface area (Å²) < 4.78 is 9.47. The fourth-order valence-corrected chi connectivity index (χ4v) is 7.75. The van der Waals surface area contributed by atoms with Crippen LogP contribution < -0.4 is 0 Å². The molecule has 0 bridgehead atoms. The number of thiophene rings is 1. The van der Waals surface area contributed by atoms with Gasteiger partial charge in [0, 0.05) is 42.1 Å². The molecule has 9 aromatic rings. The monoisotopic (exact) mass is 526 g/mol. The predicted molar refractivity (Wildman–Crippen MR) is 172 cm³/mol. The summed E-state index contributed by atoms with van der Waals surface area (Å²) >= 11 is 1.86. The van der Waals surface area contributed by atoms with Crippen LogP contribution in [0.2, 0.25) is 0 Å². The van der Waals surface area contributed by atoms with Crippen molar-refractivity contribution >= 4 is 75.0 Å². The number of fused-ring (bicyclic) bond motifs is 8. The maximum absolute atomic E-state index is 6.86. The molecule has 0 aliphatic heterocycles. The molecule has 7 aromatic carbocycles. The number of furan rings is 1. The summed E-state index contributed by atoms with van der Waals surface area (Å²) in [4.78, 5) is 0. The third kappa shape index (κ3) is 2.97. The highest BCUT2D eigenvalue weighted by molar-refractivity contribution is 7.25. The van der Waals surface area contributed by atoms with E-state index in [1.54, 1.807) is 0 Å². The Morgan fingerprint density at radius 3 is 1.88 bits per heavy atom. The highest BCUT2D eigenvalue weighted by Gasteiger charge is 2.24. The second-order valence-electron chi connectivity index (χ2n) is 10.4. The van der Waals surface area contributed by atoms with E-state index < -0.39 is 0 Å². The van der Waals surface area contributed by atoms with Gasteiger partial charge < -0.3 is 4.42 Å². The van der Waals surface area contributed by atoms with Crippen molar-refractivity contribution in [3.63, 3.8) is 0 Å². The maximum atomic E-state index is 6.86. The summed E-state index contributed by atoms with van der Waals surface area (Å²) in [6.45, 7) is 0. The van der Waals surface area contributed by atoms with Crippen molar-refractivity contribution in [3.05, 3.63) is 133 Å². The van der Waals surface area contributed by atoms with Crippen molar-refractivity contribution in [2.75, 3.05) is 0 Å². The quantitative estimate of drug-likeness (QED) is 0.218. The molecule has 0 N–H and O–H groups in total. The van der Waals surface area contributed by atoms with E-state index in [2.05, 4.69) is 133 Å². The van der Waals surface area contributed by atoms with E-state index in [0.29, 0.717) is 0 Å². The van der Waals surface area contributed by atoms with E-state index in [9.17, 15) is 0 Å². The molecule has 0 saturated heterocycles. The Morgan fingerprint density at radius 1 is 0.400 bits per heavy atom. The van der Waals surface area contributed by atoms with Crippen LogP contribution in [0.4, 0.5) is 0 Å². The summed E-state index contributed by atoms with van der Waals surface area (Å²) in [7, 11) is 0. The van der Waals surface area contributed by atoms with Gasteiger partial charge in [-0.05, 0) is 50.9 Å². The Morgan fingerprint density at radius 2 is 1.00 bits per heavy atom. The minimum Gasteiger partial charge on any atom is -0.455 e. The largest absolute Gasteiger partial charge is 0.455 e. The molecule has 2 heterocycles. The minimum absolute atomic E-state index is 0.915. The SMILES string of the molecule is c1ccc2c(-c3c4ccccc4c(-c4cccc5sc6ccccc6c45)c4oc5ccccc5c34)cccc2c1. The molecule has 40 heavy (non-hydrogen) atoms. The average Bonchev–Trinajstić information content (AvgIpc) is 3.58. The first kappa shape index (κ1) is 22.0. The lowest BCUT2D eigenvalue weighted by Gasteiger charge is -2.16. The molecule has 0 aliphatic rings. The van der Waals surface area contributed by atoms with Gasteiger partial charge in [0.15, 0.2) is 0 Å². The fourth-order valence-electron chi connectivity index (χ4n) is 6.62. The van der Waals surface area contributed by atoms with Gasteiger partial charge in [0.05, 0.1) is 0 Å². The summed E-state index contributed by atoms with van der Waals surface area (Å²) in [6, 6.07) is 48.1. The number of hydrogen-bond donors (Lipinski definition) is 0.